The van der Waals surface area contributed by atoms with Crippen molar-refractivity contribution in [1.29, 1.82) is 0 Å². The van der Waals surface area contributed by atoms with Gasteiger partial charge in [0.2, 0.25) is 12.0 Å². The zero-order valence-electron chi connectivity index (χ0n) is 67.5. The molecule has 40 heteroatoms. The van der Waals surface area contributed by atoms with E-state index in [1.807, 2.05) is 65.8 Å². The number of hydrogen-bond acceptors (Lipinski definition) is 24. The van der Waals surface area contributed by atoms with Crippen molar-refractivity contribution < 1.29 is 65.8 Å². The number of halogens is 8. The number of rotatable bonds is 15. The molecule has 0 aromatic carbocycles. The van der Waals surface area contributed by atoms with Gasteiger partial charge in [0.05, 0.1) is 42.0 Å². The maximum absolute atomic E-state index is 14.5. The lowest BCUT2D eigenvalue weighted by Crippen LogP contribution is -2.36. The molecule has 2 unspecified atom stereocenters. The molecule has 0 radical (unpaired) electrons. The SMILES string of the molecule is CC[C@H]1OC(=O)[C@H](F)[C@@H]1C.CC[C@H]1OC(O)(c2ccc3c(N)ncnn23)[C@H](F)[C@@H]1C.CC[C@H]1OC(c2ccc3c(N)ncnn23)[C@H](F)[C@@H]1C.CC[C@H]1O[C@@H](c2ccc3c(N)ncnn23)[C@H](F)[C@@H]1C.CC[SiH](CC)CC.C[Si](C)(Cl)CCS(C)(C)Cl.Nc1ncnn2c(Br)ccc12.Nc1ncnn2c([C@@H]3O[C@H](CO)[C@@H](O)[C@H]3F)ccc12. The van der Waals surface area contributed by atoms with Gasteiger partial charge in [0, 0.05) is 32.5 Å². The Morgan fingerprint density at radius 1 is 0.530 bits per heavy atom. The summed E-state index contributed by atoms with van der Waals surface area (Å²) in [6.45, 7) is 25.8. The Morgan fingerprint density at radius 2 is 0.887 bits per heavy atom. The number of ether oxygens (including phenoxy) is 5. The molecule has 10 aromatic rings. The van der Waals surface area contributed by atoms with Crippen LogP contribution in [0.15, 0.2) is 96.9 Å². The van der Waals surface area contributed by atoms with Crippen molar-refractivity contribution in [2.24, 2.45) is 23.7 Å². The van der Waals surface area contributed by atoms with E-state index in [4.69, 9.17) is 79.2 Å². The number of anilines is 5. The molecule has 15 rings (SSSR count). The summed E-state index contributed by atoms with van der Waals surface area (Å²) in [4.78, 5) is 29.9. The monoisotopic (exact) mass is 1770 g/mol. The number of nitrogens with two attached hydrogens (primary N) is 5. The second-order valence-electron chi connectivity index (χ2n) is 30.0. The van der Waals surface area contributed by atoms with Crippen LogP contribution in [-0.2, 0) is 34.3 Å². The van der Waals surface area contributed by atoms with Gasteiger partial charge < -0.3 is 67.7 Å². The summed E-state index contributed by atoms with van der Waals surface area (Å²) in [5.41, 5.74) is 33.8. The number of alkyl halides is 5. The van der Waals surface area contributed by atoms with Crippen LogP contribution in [0.25, 0.3) is 27.6 Å². The lowest BCUT2D eigenvalue weighted by molar-refractivity contribution is -0.227. The van der Waals surface area contributed by atoms with E-state index in [0.717, 1.165) is 34.8 Å². The third-order valence-electron chi connectivity index (χ3n) is 21.4. The molecule has 0 bridgehead atoms. The lowest BCUT2D eigenvalue weighted by Gasteiger charge is -2.24. The molecule has 15 heterocycles. The van der Waals surface area contributed by atoms with Gasteiger partial charge >= 0.3 is 5.97 Å². The minimum absolute atomic E-state index is 0.0512. The molecule has 0 spiro atoms. The van der Waals surface area contributed by atoms with Gasteiger partial charge in [-0.15, -0.1) is 0 Å². The van der Waals surface area contributed by atoms with Crippen molar-refractivity contribution in [3.8, 4) is 0 Å². The predicted molar refractivity (Wildman–Crippen MR) is 448 cm³/mol. The first-order valence-electron chi connectivity index (χ1n) is 38.6. The van der Waals surface area contributed by atoms with Crippen molar-refractivity contribution in [3.05, 3.63) is 120 Å². The average molecular weight is 1770 g/mol. The summed E-state index contributed by atoms with van der Waals surface area (Å²) in [6, 6.07) is 23.0. The summed E-state index contributed by atoms with van der Waals surface area (Å²) in [5.74, 6) is -0.677. The Morgan fingerprint density at radius 3 is 1.19 bits per heavy atom. The minimum Gasteiger partial charge on any atom is -0.460 e. The molecule has 5 aliphatic heterocycles. The number of cyclic esters (lactones) is 1. The smallest absolute Gasteiger partial charge is 0.341 e. The molecule has 5 fully saturated rings. The van der Waals surface area contributed by atoms with Crippen molar-refractivity contribution in [2.45, 2.75) is 231 Å². The predicted octanol–water partition coefficient (Wildman–Crippen LogP) is 13.2. The summed E-state index contributed by atoms with van der Waals surface area (Å²) < 4.78 is 106. The van der Waals surface area contributed by atoms with E-state index in [0.29, 0.717) is 69.4 Å². The maximum Gasteiger partial charge on any atom is 0.341 e. The number of hydrogen-bond donors (Lipinski definition) is 8. The third-order valence-corrected chi connectivity index (χ3v) is 29.5. The quantitative estimate of drug-likeness (QED) is 0.0204. The Balaban J connectivity index is 0.000000168. The molecule has 10 aromatic heterocycles. The highest BCUT2D eigenvalue weighted by molar-refractivity contribution is 9.10. The number of nitrogens with zero attached hydrogens (tertiary/aromatic N) is 15. The molecule has 5 aliphatic rings. The van der Waals surface area contributed by atoms with E-state index in [1.54, 1.807) is 63.8 Å². The number of esters is 1. The fraction of sp³-hybridized carbons (Fsp3) is 0.587. The first-order chi connectivity index (χ1) is 54.4. The van der Waals surface area contributed by atoms with E-state index < -0.39 is 102 Å². The maximum atomic E-state index is 14.5. The summed E-state index contributed by atoms with van der Waals surface area (Å²) in [6.07, 6.45) is 2.13. The van der Waals surface area contributed by atoms with Gasteiger partial charge in [-0.25, -0.2) is 74.2 Å². The van der Waals surface area contributed by atoms with E-state index in [9.17, 15) is 37.0 Å². The van der Waals surface area contributed by atoms with Crippen LogP contribution in [0.2, 0.25) is 37.3 Å². The van der Waals surface area contributed by atoms with Crippen LogP contribution in [0.1, 0.15) is 143 Å². The molecular weight excluding hydrogens is 1660 g/mol. The number of fused-ring (bicyclic) bond motifs is 5. The van der Waals surface area contributed by atoms with Crippen LogP contribution in [0.3, 0.4) is 0 Å². The highest BCUT2D eigenvalue weighted by atomic mass is 79.9. The van der Waals surface area contributed by atoms with Gasteiger partial charge in [-0.05, 0) is 127 Å². The Kier molecular flexibility index (Phi) is 33.2. The second-order valence-corrected chi connectivity index (χ2v) is 47.7. The first kappa shape index (κ1) is 93.3. The standard InChI is InChI=1S/C13H17FN4O2.2C13H17FN4O.C11H13FN4O3.C7H11FO2.C6H5BrN4.C6H16Cl2SSi.C6H16Si/c1-3-9-7(2)11(14)13(19,20-9)10-5-4-8-12(15)16-6-17-18(8)10;2*1-3-10-7(2)11(14)12(19-10)8-4-5-9-13(15)16-6-17-18(8)9;12-8-9(18)7(3-17)19-10(8)5-1-2-6-11(13)14-4-15-16(5)6;1-3-5-4(2)6(8)7(9)10-5;7-5-2-1-4-6(8)9-3-10-11(4)5;1-9(2,7)5-6-10(3,4)8;1-4-7(5-2)6-3/h4-7,9,11,19H,3H2,1-2H3,(H2,15,16,17);2*4-7,10-12H,3H2,1-2H3,(H2,15,16,17);1-2,4,7-10,17-18H,3H2,(H2,13,14,15);4-6H,3H2,1-2H3;1-3H,(H2,8,9,10);5-6H2,1-4H3;7H,4-6H2,1-3H3/t7-,9-,11-,13?;7-,10-,11-,12?;7-,10-,11-,12+;7-,8-,9-,10+;4-,5-,6-;;;/m11111.../s1. The van der Waals surface area contributed by atoms with Crippen LogP contribution < -0.4 is 28.7 Å². The molecule has 19 atom stereocenters. The second kappa shape index (κ2) is 41.0. The van der Waals surface area contributed by atoms with E-state index in [-0.39, 0.29) is 68.3 Å². The largest absolute Gasteiger partial charge is 0.460 e. The summed E-state index contributed by atoms with van der Waals surface area (Å²) in [5, 5.41) is 49.6. The summed E-state index contributed by atoms with van der Waals surface area (Å²) >= 11 is 9.45. The van der Waals surface area contributed by atoms with Gasteiger partial charge in [0.15, 0.2) is 48.8 Å². The zero-order valence-corrected chi connectivity index (χ0v) is 73.6. The highest BCUT2D eigenvalue weighted by Gasteiger charge is 2.56. The molecule has 29 nitrogen and oxygen atoms in total. The summed E-state index contributed by atoms with van der Waals surface area (Å²) in [7, 11) is 3.72. The van der Waals surface area contributed by atoms with Gasteiger partial charge in [-0.3, -0.25) is 0 Å². The Hall–Kier alpha value is -7.22. The lowest BCUT2D eigenvalue weighted by atomic mass is 9.95. The number of carbonyl (C=O) groups excluding carboxylic acids is 1. The molecule has 0 aliphatic carbocycles. The zero-order chi connectivity index (χ0) is 84.9. The first-order valence-corrected chi connectivity index (χ1v) is 49.5. The van der Waals surface area contributed by atoms with E-state index in [2.05, 4.69) is 113 Å². The average Bonchev–Trinajstić information content (AvgIpc) is 1.60. The van der Waals surface area contributed by atoms with Crippen molar-refractivity contribution in [2.75, 3.05) is 53.5 Å². The molecular formula is C75H112BrCl2F5N20O9SSi2. The number of carbonyl (C=O) groups is 1. The minimum atomic E-state index is -2.01. The van der Waals surface area contributed by atoms with Gasteiger partial charge in [0.1, 0.15) is 118 Å². The Labute approximate surface area is 687 Å². The highest BCUT2D eigenvalue weighted by Crippen LogP contribution is 2.48. The molecule has 5 saturated heterocycles. The van der Waals surface area contributed by atoms with Crippen LogP contribution in [-0.4, -0.2) is 203 Å². The van der Waals surface area contributed by atoms with Crippen LogP contribution in [0, 0.1) is 23.7 Å². The number of nitrogen functional groups attached to an aromatic ring is 5. The molecule has 115 heavy (non-hydrogen) atoms. The van der Waals surface area contributed by atoms with Crippen LogP contribution in [0.5, 0.6) is 0 Å². The molecule has 0 amide bonds. The van der Waals surface area contributed by atoms with Gasteiger partial charge in [0.25, 0.3) is 0 Å². The fourth-order valence-corrected chi connectivity index (χ4v) is 21.5. The van der Waals surface area contributed by atoms with Gasteiger partial charge in [-0.2, -0.15) is 45.8 Å². The van der Waals surface area contributed by atoms with Crippen LogP contribution in [0.4, 0.5) is 51.0 Å². The normalized spacial score (nSPS) is 27.8. The van der Waals surface area contributed by atoms with Crippen molar-refractivity contribution in [1.82, 2.24) is 73.0 Å². The van der Waals surface area contributed by atoms with Crippen molar-refractivity contribution >= 4 is 126 Å². The van der Waals surface area contributed by atoms with Crippen molar-refractivity contribution in [3.63, 3.8) is 0 Å². The third kappa shape index (κ3) is 21.8. The van der Waals surface area contributed by atoms with E-state index >= 15 is 0 Å². The molecule has 13 N–H and O–H groups in total. The molecule has 636 valence electrons. The van der Waals surface area contributed by atoms with E-state index in [1.165, 1.54) is 58.8 Å². The number of aromatic nitrogens is 15. The van der Waals surface area contributed by atoms with Gasteiger partial charge in [-0.1, -0.05) is 118 Å². The molecule has 0 saturated carbocycles. The van der Waals surface area contributed by atoms with Crippen LogP contribution >= 0.6 is 46.9 Å². The fourth-order valence-electron chi connectivity index (χ4n) is 14.1. The topological polar surface area (TPSA) is 405 Å². The number of aliphatic hydroxyl groups is 3. The number of aliphatic hydroxyl groups excluding tert-OH is 2. The Bertz CT molecular complexity index is 4490.